The topological polar surface area (TPSA) is 42.2 Å². The second kappa shape index (κ2) is 4.22. The zero-order valence-electron chi connectivity index (χ0n) is 8.75. The molecule has 1 aromatic carbocycles. The molecular formula is C12H13NO2. The van der Waals surface area contributed by atoms with E-state index in [0.29, 0.717) is 19.6 Å². The summed E-state index contributed by atoms with van der Waals surface area (Å²) < 4.78 is 11.0. The molecule has 15 heavy (non-hydrogen) atoms. The molecule has 0 N–H and O–H groups in total. The van der Waals surface area contributed by atoms with Crippen LogP contribution in [0.3, 0.4) is 0 Å². The maximum atomic E-state index is 8.72. The molecule has 3 heteroatoms. The number of benzene rings is 1. The van der Waals surface area contributed by atoms with Crippen LogP contribution in [0.1, 0.15) is 18.1 Å². The number of hydrogen-bond donors (Lipinski definition) is 0. The summed E-state index contributed by atoms with van der Waals surface area (Å²) in [5.41, 5.74) is 2.21. The van der Waals surface area contributed by atoms with E-state index in [1.54, 1.807) is 0 Å². The van der Waals surface area contributed by atoms with Crippen LogP contribution in [0.5, 0.6) is 11.5 Å². The van der Waals surface area contributed by atoms with Crippen molar-refractivity contribution in [1.29, 1.82) is 5.26 Å². The molecule has 0 radical (unpaired) electrons. The van der Waals surface area contributed by atoms with Gasteiger partial charge in [-0.3, -0.25) is 0 Å². The molecule has 2 rings (SSSR count). The Morgan fingerprint density at radius 2 is 1.80 bits per heavy atom. The Bertz CT molecular complexity index is 407. The van der Waals surface area contributed by atoms with E-state index in [4.69, 9.17) is 14.7 Å². The van der Waals surface area contributed by atoms with Crippen molar-refractivity contribution < 1.29 is 9.47 Å². The van der Waals surface area contributed by atoms with Crippen LogP contribution in [-0.2, 0) is 12.8 Å². The molecule has 0 atom stereocenters. The summed E-state index contributed by atoms with van der Waals surface area (Å²) in [5, 5.41) is 8.72. The molecule has 0 aromatic heterocycles. The van der Waals surface area contributed by atoms with Crippen LogP contribution < -0.4 is 9.47 Å². The van der Waals surface area contributed by atoms with Crippen molar-refractivity contribution in [2.45, 2.75) is 19.8 Å². The van der Waals surface area contributed by atoms with Crippen LogP contribution >= 0.6 is 0 Å². The monoisotopic (exact) mass is 203 g/mol. The Balaban J connectivity index is 2.42. The second-order valence-electron chi connectivity index (χ2n) is 3.45. The molecule has 0 bridgehead atoms. The van der Waals surface area contributed by atoms with E-state index in [0.717, 1.165) is 23.5 Å². The van der Waals surface area contributed by atoms with Crippen molar-refractivity contribution in [3.8, 4) is 17.6 Å². The first-order valence-electron chi connectivity index (χ1n) is 5.13. The van der Waals surface area contributed by atoms with Gasteiger partial charge in [0.2, 0.25) is 0 Å². The van der Waals surface area contributed by atoms with Crippen LogP contribution in [0.4, 0.5) is 0 Å². The maximum absolute atomic E-state index is 8.72. The maximum Gasteiger partial charge on any atom is 0.161 e. The summed E-state index contributed by atoms with van der Waals surface area (Å²) in [5.74, 6) is 1.57. The second-order valence-corrected chi connectivity index (χ2v) is 3.45. The summed E-state index contributed by atoms with van der Waals surface area (Å²) in [7, 11) is 0. The minimum absolute atomic E-state index is 0.430. The van der Waals surface area contributed by atoms with E-state index in [1.165, 1.54) is 5.56 Å². The predicted octanol–water partition coefficient (Wildman–Crippen LogP) is 2.09. The van der Waals surface area contributed by atoms with Gasteiger partial charge in [0, 0.05) is 0 Å². The van der Waals surface area contributed by atoms with E-state index in [1.807, 2.05) is 12.1 Å². The fraction of sp³-hybridized carbons (Fsp3) is 0.417. The van der Waals surface area contributed by atoms with E-state index in [9.17, 15) is 0 Å². The van der Waals surface area contributed by atoms with Gasteiger partial charge in [0.05, 0.1) is 12.5 Å². The Morgan fingerprint density at radius 3 is 2.33 bits per heavy atom. The number of ether oxygens (including phenoxy) is 2. The highest BCUT2D eigenvalue weighted by Crippen LogP contribution is 2.33. The highest BCUT2D eigenvalue weighted by atomic mass is 16.6. The molecule has 1 aliphatic rings. The molecule has 0 saturated heterocycles. The third kappa shape index (κ3) is 1.89. The number of nitriles is 1. The summed E-state index contributed by atoms with van der Waals surface area (Å²) in [6.45, 7) is 3.27. The lowest BCUT2D eigenvalue weighted by Crippen LogP contribution is -2.16. The zero-order chi connectivity index (χ0) is 10.7. The fourth-order valence-corrected chi connectivity index (χ4v) is 1.75. The lowest BCUT2D eigenvalue weighted by Gasteiger charge is -2.20. The highest BCUT2D eigenvalue weighted by Gasteiger charge is 2.14. The molecule has 0 fully saturated rings. The van der Waals surface area contributed by atoms with Crippen LogP contribution in [-0.4, -0.2) is 13.2 Å². The number of fused-ring (bicyclic) bond motifs is 1. The van der Waals surface area contributed by atoms with Gasteiger partial charge in [-0.15, -0.1) is 0 Å². The Morgan fingerprint density at radius 1 is 1.20 bits per heavy atom. The molecule has 0 unspecified atom stereocenters. The highest BCUT2D eigenvalue weighted by molar-refractivity contribution is 5.48. The van der Waals surface area contributed by atoms with Crippen molar-refractivity contribution in [3.05, 3.63) is 23.3 Å². The summed E-state index contributed by atoms with van der Waals surface area (Å²) >= 11 is 0. The van der Waals surface area contributed by atoms with Gasteiger partial charge < -0.3 is 9.47 Å². The minimum atomic E-state index is 0.430. The first kappa shape index (κ1) is 9.85. The Labute approximate surface area is 89.2 Å². The summed E-state index contributed by atoms with van der Waals surface area (Å²) in [6, 6.07) is 6.08. The number of nitrogens with zero attached hydrogens (tertiary/aromatic N) is 1. The lowest BCUT2D eigenvalue weighted by molar-refractivity contribution is 0.171. The van der Waals surface area contributed by atoms with E-state index < -0.39 is 0 Å². The van der Waals surface area contributed by atoms with E-state index in [-0.39, 0.29) is 0 Å². The van der Waals surface area contributed by atoms with Gasteiger partial charge in [-0.05, 0) is 29.7 Å². The quantitative estimate of drug-likeness (QED) is 0.739. The van der Waals surface area contributed by atoms with Gasteiger partial charge in [-0.1, -0.05) is 6.92 Å². The molecular weight excluding hydrogens is 190 g/mol. The van der Waals surface area contributed by atoms with Crippen molar-refractivity contribution in [3.63, 3.8) is 0 Å². The first-order chi connectivity index (χ1) is 7.35. The SMILES string of the molecule is CCc1cc2c(cc1CC#N)OCCO2. The van der Waals surface area contributed by atoms with E-state index in [2.05, 4.69) is 13.0 Å². The average molecular weight is 203 g/mol. The standard InChI is InChI=1S/C12H13NO2/c1-2-9-7-11-12(15-6-5-14-11)8-10(9)3-4-13/h7-8H,2-3,5-6H2,1H3. The Kier molecular flexibility index (Phi) is 2.77. The molecule has 0 saturated carbocycles. The smallest absolute Gasteiger partial charge is 0.161 e. The molecule has 0 aliphatic carbocycles. The third-order valence-corrected chi connectivity index (χ3v) is 2.51. The molecule has 0 spiro atoms. The molecule has 1 aromatic rings. The third-order valence-electron chi connectivity index (χ3n) is 2.51. The van der Waals surface area contributed by atoms with Crippen LogP contribution in [0, 0.1) is 11.3 Å². The largest absolute Gasteiger partial charge is 0.486 e. The van der Waals surface area contributed by atoms with Gasteiger partial charge in [0.1, 0.15) is 13.2 Å². The lowest BCUT2D eigenvalue weighted by atomic mass is 10.0. The normalized spacial score (nSPS) is 13.3. The Hall–Kier alpha value is -1.69. The van der Waals surface area contributed by atoms with Gasteiger partial charge in [-0.2, -0.15) is 5.26 Å². The molecule has 1 aliphatic heterocycles. The van der Waals surface area contributed by atoms with Gasteiger partial charge in [0.15, 0.2) is 11.5 Å². The first-order valence-corrected chi connectivity index (χ1v) is 5.13. The van der Waals surface area contributed by atoms with Crippen LogP contribution in [0.2, 0.25) is 0 Å². The summed E-state index contributed by atoms with van der Waals surface area (Å²) in [6.07, 6.45) is 1.34. The van der Waals surface area contributed by atoms with Gasteiger partial charge in [0.25, 0.3) is 0 Å². The fourth-order valence-electron chi connectivity index (χ4n) is 1.75. The number of rotatable bonds is 2. The number of hydrogen-bond acceptors (Lipinski definition) is 3. The van der Waals surface area contributed by atoms with Gasteiger partial charge in [-0.25, -0.2) is 0 Å². The zero-order valence-corrected chi connectivity index (χ0v) is 8.75. The van der Waals surface area contributed by atoms with Crippen molar-refractivity contribution >= 4 is 0 Å². The van der Waals surface area contributed by atoms with Crippen molar-refractivity contribution in [1.82, 2.24) is 0 Å². The van der Waals surface area contributed by atoms with E-state index >= 15 is 0 Å². The molecule has 78 valence electrons. The molecule has 3 nitrogen and oxygen atoms in total. The minimum Gasteiger partial charge on any atom is -0.486 e. The van der Waals surface area contributed by atoms with Crippen LogP contribution in [0.25, 0.3) is 0 Å². The average Bonchev–Trinajstić information content (AvgIpc) is 2.28. The summed E-state index contributed by atoms with van der Waals surface area (Å²) in [4.78, 5) is 0. The predicted molar refractivity (Wildman–Crippen MR) is 56.1 cm³/mol. The molecule has 0 amide bonds. The number of aryl methyl sites for hydroxylation is 1. The van der Waals surface area contributed by atoms with Gasteiger partial charge >= 0.3 is 0 Å². The van der Waals surface area contributed by atoms with Crippen molar-refractivity contribution in [2.75, 3.05) is 13.2 Å². The van der Waals surface area contributed by atoms with Crippen LogP contribution in [0.15, 0.2) is 12.1 Å². The van der Waals surface area contributed by atoms with Crippen molar-refractivity contribution in [2.24, 2.45) is 0 Å². The molecule has 1 heterocycles.